The molecule has 2 fully saturated rings. The van der Waals surface area contributed by atoms with Crippen molar-refractivity contribution in [3.8, 4) is 0 Å². The molecule has 7 heteroatoms. The van der Waals surface area contributed by atoms with Crippen molar-refractivity contribution in [2.24, 2.45) is 0 Å². The van der Waals surface area contributed by atoms with Crippen molar-refractivity contribution in [1.29, 1.82) is 0 Å². The predicted octanol–water partition coefficient (Wildman–Crippen LogP) is 1.32. The molecular formula is C19H21N5O2. The number of piperazine rings is 1. The second-order valence-electron chi connectivity index (χ2n) is 6.88. The first-order chi connectivity index (χ1) is 12.6. The molecule has 1 atom stereocenters. The molecule has 0 aliphatic carbocycles. The zero-order valence-electron chi connectivity index (χ0n) is 14.7. The van der Waals surface area contributed by atoms with Crippen molar-refractivity contribution in [1.82, 2.24) is 14.9 Å². The highest BCUT2D eigenvalue weighted by atomic mass is 16.2. The van der Waals surface area contributed by atoms with E-state index in [2.05, 4.69) is 14.9 Å². The standard InChI is InChI=1S/C19H21N5O2/c1-15(25)24-12-18(26)23(16-5-3-2-4-6-16)14-19(24)7-10-22(13-19)17-11-20-8-9-21-17/h2-6,8-9,11H,7,10,12-14H2,1H3. The number of benzene rings is 1. The Kier molecular flexibility index (Phi) is 4.06. The lowest BCUT2D eigenvalue weighted by molar-refractivity contribution is -0.142. The van der Waals surface area contributed by atoms with Crippen LogP contribution >= 0.6 is 0 Å². The molecule has 2 aromatic rings. The zero-order chi connectivity index (χ0) is 18.1. The highest BCUT2D eigenvalue weighted by Crippen LogP contribution is 2.35. The number of para-hydroxylation sites is 1. The highest BCUT2D eigenvalue weighted by molar-refractivity contribution is 5.98. The normalized spacial score (nSPS) is 23.0. The lowest BCUT2D eigenvalue weighted by Gasteiger charge is -2.48. The van der Waals surface area contributed by atoms with E-state index in [0.717, 1.165) is 24.5 Å². The minimum Gasteiger partial charge on any atom is -0.353 e. The second-order valence-corrected chi connectivity index (χ2v) is 6.88. The summed E-state index contributed by atoms with van der Waals surface area (Å²) < 4.78 is 0. The van der Waals surface area contributed by atoms with Crippen LogP contribution in [0.25, 0.3) is 0 Å². The summed E-state index contributed by atoms with van der Waals surface area (Å²) in [6.07, 6.45) is 5.84. The Morgan fingerprint density at radius 3 is 2.65 bits per heavy atom. The van der Waals surface area contributed by atoms with E-state index < -0.39 is 5.54 Å². The first-order valence-corrected chi connectivity index (χ1v) is 8.74. The minimum absolute atomic E-state index is 0.0463. The van der Waals surface area contributed by atoms with Gasteiger partial charge in [-0.2, -0.15) is 0 Å². The third-order valence-corrected chi connectivity index (χ3v) is 5.27. The van der Waals surface area contributed by atoms with E-state index in [0.29, 0.717) is 13.1 Å². The number of hydrogen-bond donors (Lipinski definition) is 0. The molecule has 1 aromatic heterocycles. The molecule has 0 saturated carbocycles. The van der Waals surface area contributed by atoms with Crippen LogP contribution in [-0.2, 0) is 9.59 Å². The maximum Gasteiger partial charge on any atom is 0.246 e. The smallest absolute Gasteiger partial charge is 0.246 e. The summed E-state index contributed by atoms with van der Waals surface area (Å²) >= 11 is 0. The van der Waals surface area contributed by atoms with E-state index in [1.807, 2.05) is 30.3 Å². The van der Waals surface area contributed by atoms with E-state index in [4.69, 9.17) is 0 Å². The molecule has 2 saturated heterocycles. The van der Waals surface area contributed by atoms with E-state index in [9.17, 15) is 9.59 Å². The van der Waals surface area contributed by atoms with Gasteiger partial charge in [0.15, 0.2) is 0 Å². The summed E-state index contributed by atoms with van der Waals surface area (Å²) in [6.45, 7) is 3.56. The predicted molar refractivity (Wildman–Crippen MR) is 97.8 cm³/mol. The lowest BCUT2D eigenvalue weighted by Crippen LogP contribution is -2.66. The summed E-state index contributed by atoms with van der Waals surface area (Å²) in [6, 6.07) is 9.65. The Morgan fingerprint density at radius 1 is 1.15 bits per heavy atom. The van der Waals surface area contributed by atoms with Gasteiger partial charge in [0.2, 0.25) is 11.8 Å². The quantitative estimate of drug-likeness (QED) is 0.816. The van der Waals surface area contributed by atoms with Gasteiger partial charge in [-0.15, -0.1) is 0 Å². The molecular weight excluding hydrogens is 330 g/mol. The van der Waals surface area contributed by atoms with Crippen LogP contribution in [0, 0.1) is 0 Å². The van der Waals surface area contributed by atoms with Gasteiger partial charge in [-0.05, 0) is 18.6 Å². The van der Waals surface area contributed by atoms with Gasteiger partial charge in [0, 0.05) is 38.1 Å². The minimum atomic E-state index is -0.410. The fourth-order valence-electron chi connectivity index (χ4n) is 4.00. The number of carbonyl (C=O) groups excluding carboxylic acids is 2. The van der Waals surface area contributed by atoms with Gasteiger partial charge in [-0.1, -0.05) is 18.2 Å². The second kappa shape index (κ2) is 6.40. The number of hydrogen-bond acceptors (Lipinski definition) is 5. The fourth-order valence-corrected chi connectivity index (χ4v) is 4.00. The average molecular weight is 351 g/mol. The molecule has 0 N–H and O–H groups in total. The number of aromatic nitrogens is 2. The van der Waals surface area contributed by atoms with Crippen LogP contribution in [0.1, 0.15) is 13.3 Å². The van der Waals surface area contributed by atoms with Gasteiger partial charge in [0.1, 0.15) is 12.4 Å². The Labute approximate surface area is 152 Å². The molecule has 26 heavy (non-hydrogen) atoms. The van der Waals surface area contributed by atoms with Crippen molar-refractivity contribution in [2.45, 2.75) is 18.9 Å². The maximum absolute atomic E-state index is 12.7. The van der Waals surface area contributed by atoms with Gasteiger partial charge >= 0.3 is 0 Å². The van der Waals surface area contributed by atoms with Crippen LogP contribution in [-0.4, -0.2) is 58.4 Å². The molecule has 2 aliphatic rings. The molecule has 2 aliphatic heterocycles. The first-order valence-electron chi connectivity index (χ1n) is 8.74. The lowest BCUT2D eigenvalue weighted by atomic mass is 9.91. The van der Waals surface area contributed by atoms with E-state index in [-0.39, 0.29) is 18.4 Å². The van der Waals surface area contributed by atoms with Crippen LogP contribution in [0.4, 0.5) is 11.5 Å². The van der Waals surface area contributed by atoms with Gasteiger partial charge in [-0.25, -0.2) is 4.98 Å². The monoisotopic (exact) mass is 351 g/mol. The summed E-state index contributed by atoms with van der Waals surface area (Å²) in [5.74, 6) is 0.693. The van der Waals surface area contributed by atoms with Crippen LogP contribution < -0.4 is 9.80 Å². The Morgan fingerprint density at radius 2 is 1.96 bits per heavy atom. The summed E-state index contributed by atoms with van der Waals surface area (Å²) in [4.78, 5) is 39.2. The maximum atomic E-state index is 12.7. The number of nitrogens with zero attached hydrogens (tertiary/aromatic N) is 5. The third kappa shape index (κ3) is 2.79. The Bertz CT molecular complexity index is 813. The van der Waals surface area contributed by atoms with Crippen molar-refractivity contribution in [2.75, 3.05) is 36.0 Å². The number of carbonyl (C=O) groups is 2. The molecule has 3 heterocycles. The summed E-state index contributed by atoms with van der Waals surface area (Å²) in [5, 5.41) is 0. The fraction of sp³-hybridized carbons (Fsp3) is 0.368. The molecule has 1 unspecified atom stereocenters. The van der Waals surface area contributed by atoms with Crippen molar-refractivity contribution in [3.63, 3.8) is 0 Å². The van der Waals surface area contributed by atoms with E-state index >= 15 is 0 Å². The van der Waals surface area contributed by atoms with Crippen LogP contribution in [0.3, 0.4) is 0 Å². The van der Waals surface area contributed by atoms with Gasteiger partial charge in [-0.3, -0.25) is 14.6 Å². The van der Waals surface area contributed by atoms with Gasteiger partial charge in [0.05, 0.1) is 18.3 Å². The molecule has 1 aromatic carbocycles. The first kappa shape index (κ1) is 16.5. The van der Waals surface area contributed by atoms with Crippen LogP contribution in [0.2, 0.25) is 0 Å². The van der Waals surface area contributed by atoms with Crippen molar-refractivity contribution >= 4 is 23.3 Å². The largest absolute Gasteiger partial charge is 0.353 e. The Hall–Kier alpha value is -2.96. The van der Waals surface area contributed by atoms with Crippen molar-refractivity contribution in [3.05, 3.63) is 48.9 Å². The molecule has 1 spiro atoms. The van der Waals surface area contributed by atoms with Gasteiger partial charge in [0.25, 0.3) is 0 Å². The number of anilines is 2. The average Bonchev–Trinajstić information content (AvgIpc) is 3.09. The highest BCUT2D eigenvalue weighted by Gasteiger charge is 2.50. The van der Waals surface area contributed by atoms with Gasteiger partial charge < -0.3 is 14.7 Å². The van der Waals surface area contributed by atoms with Crippen molar-refractivity contribution < 1.29 is 9.59 Å². The SMILES string of the molecule is CC(=O)N1CC(=O)N(c2ccccc2)CC12CCN(c1cnccn1)C2. The topological polar surface area (TPSA) is 69.6 Å². The number of amides is 2. The van der Waals surface area contributed by atoms with E-state index in [1.165, 1.54) is 6.92 Å². The molecule has 0 bridgehead atoms. The Balaban J connectivity index is 1.65. The third-order valence-electron chi connectivity index (χ3n) is 5.27. The van der Waals surface area contributed by atoms with Crippen LogP contribution in [0.15, 0.2) is 48.9 Å². The van der Waals surface area contributed by atoms with E-state index in [1.54, 1.807) is 28.4 Å². The van der Waals surface area contributed by atoms with Crippen LogP contribution in [0.5, 0.6) is 0 Å². The number of rotatable bonds is 2. The zero-order valence-corrected chi connectivity index (χ0v) is 14.7. The molecule has 134 valence electrons. The molecule has 7 nitrogen and oxygen atoms in total. The molecule has 0 radical (unpaired) electrons. The molecule has 2 amide bonds. The molecule has 4 rings (SSSR count). The summed E-state index contributed by atoms with van der Waals surface area (Å²) in [7, 11) is 0. The summed E-state index contributed by atoms with van der Waals surface area (Å²) in [5.41, 5.74) is 0.464.